The maximum atomic E-state index is 6.07. The average Bonchev–Trinajstić information content (AvgIpc) is 2.84. The van der Waals surface area contributed by atoms with E-state index in [9.17, 15) is 0 Å². The molecule has 0 fully saturated rings. The minimum atomic E-state index is 0.377. The number of rotatable bonds is 3. The van der Waals surface area contributed by atoms with Crippen LogP contribution < -0.4 is 4.90 Å². The van der Waals surface area contributed by atoms with E-state index in [1.807, 2.05) is 26.2 Å². The second kappa shape index (κ2) is 5.70. The zero-order valence-electron chi connectivity index (χ0n) is 11.8. The Morgan fingerprint density at radius 1 is 1.14 bits per heavy atom. The summed E-state index contributed by atoms with van der Waals surface area (Å²) >= 11 is 9.55. The molecule has 3 rings (SSSR count). The van der Waals surface area contributed by atoms with E-state index in [2.05, 4.69) is 60.7 Å². The summed E-state index contributed by atoms with van der Waals surface area (Å²) < 4.78 is 3.12. The van der Waals surface area contributed by atoms with Crippen LogP contribution in [0.15, 0.2) is 46.9 Å². The third-order valence-electron chi connectivity index (χ3n) is 3.43. The third kappa shape index (κ3) is 2.65. The summed E-state index contributed by atoms with van der Waals surface area (Å²) in [5, 5.41) is 0. The van der Waals surface area contributed by atoms with Gasteiger partial charge in [0, 0.05) is 29.9 Å². The summed E-state index contributed by atoms with van der Waals surface area (Å²) in [5.74, 6) is 1.23. The van der Waals surface area contributed by atoms with Crippen molar-refractivity contribution < 1.29 is 0 Å². The lowest BCUT2D eigenvalue weighted by Gasteiger charge is -2.14. The van der Waals surface area contributed by atoms with E-state index >= 15 is 0 Å². The molecule has 0 amide bonds. The van der Waals surface area contributed by atoms with Crippen LogP contribution in [0.25, 0.3) is 16.7 Å². The van der Waals surface area contributed by atoms with Crippen LogP contribution in [-0.4, -0.2) is 23.6 Å². The van der Waals surface area contributed by atoms with Crippen LogP contribution >= 0.6 is 27.5 Å². The lowest BCUT2D eigenvalue weighted by molar-refractivity contribution is 0.980. The molecule has 1 heterocycles. The van der Waals surface area contributed by atoms with E-state index in [0.717, 1.165) is 27.0 Å². The highest BCUT2D eigenvalue weighted by atomic mass is 79.9. The molecule has 0 unspecified atom stereocenters. The van der Waals surface area contributed by atoms with Gasteiger partial charge < -0.3 is 4.90 Å². The second-order valence-corrected chi connectivity index (χ2v) is 6.22. The first-order valence-corrected chi connectivity index (χ1v) is 7.93. The summed E-state index contributed by atoms with van der Waals surface area (Å²) in [6.45, 7) is 0. The van der Waals surface area contributed by atoms with Crippen LogP contribution in [-0.2, 0) is 5.88 Å². The van der Waals surface area contributed by atoms with Crippen molar-refractivity contribution in [2.24, 2.45) is 0 Å². The van der Waals surface area contributed by atoms with Crippen molar-refractivity contribution in [1.82, 2.24) is 9.55 Å². The normalized spacial score (nSPS) is 11.0. The fraction of sp³-hybridized carbons (Fsp3) is 0.188. The van der Waals surface area contributed by atoms with Crippen molar-refractivity contribution in [2.45, 2.75) is 5.88 Å². The second-order valence-electron chi connectivity index (χ2n) is 5.04. The molecule has 5 heteroatoms. The summed E-state index contributed by atoms with van der Waals surface area (Å²) in [7, 11) is 4.06. The van der Waals surface area contributed by atoms with Gasteiger partial charge in [-0.3, -0.25) is 4.57 Å². The van der Waals surface area contributed by atoms with Gasteiger partial charge in [0.25, 0.3) is 0 Å². The van der Waals surface area contributed by atoms with Crippen molar-refractivity contribution in [3.8, 4) is 5.69 Å². The van der Waals surface area contributed by atoms with E-state index in [4.69, 9.17) is 11.6 Å². The molecule has 1 aromatic heterocycles. The monoisotopic (exact) mass is 363 g/mol. The Morgan fingerprint density at radius 2 is 1.86 bits per heavy atom. The highest BCUT2D eigenvalue weighted by molar-refractivity contribution is 9.10. The van der Waals surface area contributed by atoms with Crippen LogP contribution in [0.4, 0.5) is 5.69 Å². The van der Waals surface area contributed by atoms with E-state index in [1.54, 1.807) is 0 Å². The lowest BCUT2D eigenvalue weighted by Crippen LogP contribution is -2.08. The Hall–Kier alpha value is -1.52. The maximum absolute atomic E-state index is 6.07. The molecule has 108 valence electrons. The number of hydrogen-bond acceptors (Lipinski definition) is 2. The molecule has 0 N–H and O–H groups in total. The van der Waals surface area contributed by atoms with Gasteiger partial charge in [-0.15, -0.1) is 11.6 Å². The SMILES string of the molecule is CN(C)c1ccc(-n2c(CCl)nc3cc(Br)ccc32)cc1. The molecule has 3 nitrogen and oxygen atoms in total. The van der Waals surface area contributed by atoms with E-state index in [-0.39, 0.29) is 0 Å². The van der Waals surface area contributed by atoms with Crippen molar-refractivity contribution in [2.75, 3.05) is 19.0 Å². The first-order valence-electron chi connectivity index (χ1n) is 6.61. The zero-order chi connectivity index (χ0) is 15.0. The zero-order valence-corrected chi connectivity index (χ0v) is 14.2. The molecule has 21 heavy (non-hydrogen) atoms. The molecule has 0 bridgehead atoms. The number of aromatic nitrogens is 2. The largest absolute Gasteiger partial charge is 0.378 e. The quantitative estimate of drug-likeness (QED) is 0.634. The van der Waals surface area contributed by atoms with Crippen LogP contribution in [0, 0.1) is 0 Å². The van der Waals surface area contributed by atoms with Crippen molar-refractivity contribution in [3.05, 3.63) is 52.8 Å². The summed E-state index contributed by atoms with van der Waals surface area (Å²) in [6.07, 6.45) is 0. The van der Waals surface area contributed by atoms with Gasteiger partial charge >= 0.3 is 0 Å². The molecule has 0 saturated carbocycles. The molecule has 0 radical (unpaired) electrons. The Kier molecular flexibility index (Phi) is 3.91. The number of alkyl halides is 1. The highest BCUT2D eigenvalue weighted by Gasteiger charge is 2.12. The molecule has 0 aliphatic heterocycles. The van der Waals surface area contributed by atoms with Crippen LogP contribution in [0.5, 0.6) is 0 Å². The standard InChI is InChI=1S/C16H15BrClN3/c1-20(2)12-4-6-13(7-5-12)21-15-8-3-11(17)9-14(15)19-16(21)10-18/h3-9H,10H2,1-2H3. The third-order valence-corrected chi connectivity index (χ3v) is 4.16. The van der Waals surface area contributed by atoms with E-state index < -0.39 is 0 Å². The summed E-state index contributed by atoms with van der Waals surface area (Å²) in [6, 6.07) is 14.5. The number of halogens is 2. The molecule has 0 atom stereocenters. The molecule has 2 aromatic carbocycles. The summed E-state index contributed by atoms with van der Waals surface area (Å²) in [4.78, 5) is 6.70. The Labute approximate surface area is 137 Å². The fourth-order valence-corrected chi connectivity index (χ4v) is 2.91. The minimum Gasteiger partial charge on any atom is -0.378 e. The molecular formula is C16H15BrClN3. The predicted molar refractivity (Wildman–Crippen MR) is 92.7 cm³/mol. The molecule has 0 aliphatic carbocycles. The number of anilines is 1. The van der Waals surface area contributed by atoms with Crippen LogP contribution in [0.2, 0.25) is 0 Å². The van der Waals surface area contributed by atoms with Gasteiger partial charge in [0.05, 0.1) is 16.9 Å². The molecule has 3 aromatic rings. The molecule has 0 saturated heterocycles. The van der Waals surface area contributed by atoms with E-state index in [0.29, 0.717) is 5.88 Å². The highest BCUT2D eigenvalue weighted by Crippen LogP contribution is 2.26. The van der Waals surface area contributed by atoms with Gasteiger partial charge in [0.15, 0.2) is 0 Å². The predicted octanol–water partition coefficient (Wildman–Crippen LogP) is 4.59. The molecular weight excluding hydrogens is 350 g/mol. The number of fused-ring (bicyclic) bond motifs is 1. The maximum Gasteiger partial charge on any atom is 0.129 e. The van der Waals surface area contributed by atoms with Crippen molar-refractivity contribution in [3.63, 3.8) is 0 Å². The van der Waals surface area contributed by atoms with Crippen LogP contribution in [0.3, 0.4) is 0 Å². The van der Waals surface area contributed by atoms with Crippen molar-refractivity contribution >= 4 is 44.3 Å². The van der Waals surface area contributed by atoms with E-state index in [1.165, 1.54) is 5.69 Å². The fourth-order valence-electron chi connectivity index (χ4n) is 2.38. The molecule has 0 spiro atoms. The Bertz CT molecular complexity index is 778. The summed E-state index contributed by atoms with van der Waals surface area (Å²) in [5.41, 5.74) is 4.24. The van der Waals surface area contributed by atoms with Crippen molar-refractivity contribution in [1.29, 1.82) is 0 Å². The van der Waals surface area contributed by atoms with Gasteiger partial charge in [0.2, 0.25) is 0 Å². The van der Waals surface area contributed by atoms with Gasteiger partial charge in [-0.1, -0.05) is 15.9 Å². The number of hydrogen-bond donors (Lipinski definition) is 0. The number of nitrogens with zero attached hydrogens (tertiary/aromatic N) is 3. The van der Waals surface area contributed by atoms with Crippen LogP contribution in [0.1, 0.15) is 5.82 Å². The number of benzene rings is 2. The van der Waals surface area contributed by atoms with Gasteiger partial charge in [-0.05, 0) is 42.5 Å². The smallest absolute Gasteiger partial charge is 0.129 e. The average molecular weight is 365 g/mol. The Morgan fingerprint density at radius 3 is 2.48 bits per heavy atom. The first-order chi connectivity index (χ1) is 10.1. The van der Waals surface area contributed by atoms with Gasteiger partial charge in [-0.2, -0.15) is 0 Å². The van der Waals surface area contributed by atoms with Gasteiger partial charge in [-0.25, -0.2) is 4.98 Å². The van der Waals surface area contributed by atoms with Gasteiger partial charge in [0.1, 0.15) is 5.82 Å². The molecule has 0 aliphatic rings. The lowest BCUT2D eigenvalue weighted by atomic mass is 10.2. The first kappa shape index (κ1) is 14.4. The number of imidazole rings is 1. The minimum absolute atomic E-state index is 0.377. The topological polar surface area (TPSA) is 21.1 Å². The Balaban J connectivity index is 2.18.